The van der Waals surface area contributed by atoms with Crippen LogP contribution in [-0.2, 0) is 9.59 Å². The molecule has 12 nitrogen and oxygen atoms in total. The molecule has 0 bridgehead atoms. The van der Waals surface area contributed by atoms with E-state index >= 15 is 0 Å². The van der Waals surface area contributed by atoms with Gasteiger partial charge in [-0.2, -0.15) is 0 Å². The van der Waals surface area contributed by atoms with Gasteiger partial charge in [0.25, 0.3) is 0 Å². The molecule has 0 fully saturated rings. The average molecular weight is 412 g/mol. The van der Waals surface area contributed by atoms with Gasteiger partial charge in [-0.05, 0) is 25.7 Å². The molecule has 0 aromatic carbocycles. The van der Waals surface area contributed by atoms with Crippen molar-refractivity contribution in [2.75, 3.05) is 26.3 Å². The Balaban J connectivity index is -0.000000376. The van der Waals surface area contributed by atoms with Gasteiger partial charge in [0.1, 0.15) is 0 Å². The van der Waals surface area contributed by atoms with Gasteiger partial charge in [0, 0.05) is 26.3 Å². The van der Waals surface area contributed by atoms with Crippen molar-refractivity contribution < 1.29 is 49.8 Å². The molecule has 0 saturated heterocycles. The molecule has 0 aromatic heterocycles. The van der Waals surface area contributed by atoms with Gasteiger partial charge in [0.2, 0.25) is 0 Å². The molecule has 8 N–H and O–H groups in total. The third kappa shape index (κ3) is 43.7. The van der Waals surface area contributed by atoms with Crippen molar-refractivity contribution in [1.29, 1.82) is 0 Å². The van der Waals surface area contributed by atoms with Crippen LogP contribution in [0.3, 0.4) is 0 Å². The fraction of sp³-hybridized carbons (Fsp3) is 0.750. The van der Waals surface area contributed by atoms with Crippen molar-refractivity contribution in [1.82, 2.24) is 10.6 Å². The Morgan fingerprint density at radius 3 is 1.07 bits per heavy atom. The van der Waals surface area contributed by atoms with Gasteiger partial charge < -0.3 is 41.3 Å². The van der Waals surface area contributed by atoms with Gasteiger partial charge in [0.15, 0.2) is 0 Å². The molecule has 12 heteroatoms. The molecule has 0 aliphatic carbocycles. The molecule has 0 rings (SSSR count). The van der Waals surface area contributed by atoms with Gasteiger partial charge in [-0.1, -0.05) is 12.8 Å². The number of aliphatic hydroxyl groups excluding tert-OH is 2. The first kappa shape index (κ1) is 30.1. The summed E-state index contributed by atoms with van der Waals surface area (Å²) in [6.45, 7) is 1.31. The van der Waals surface area contributed by atoms with E-state index in [2.05, 4.69) is 10.6 Å². The third-order valence-corrected chi connectivity index (χ3v) is 2.77. The first-order valence-corrected chi connectivity index (χ1v) is 8.76. The zero-order valence-electron chi connectivity index (χ0n) is 15.8. The number of aliphatic carboxylic acids is 2. The molecular formula is C16H32N2O10. The molecule has 0 atom stereocenters. The van der Waals surface area contributed by atoms with Crippen molar-refractivity contribution in [2.45, 2.75) is 51.4 Å². The SMILES string of the molecule is O=C(O)CCC(=O)O.O=C(O)NCCCCCCNC(=O)O.OCCCCO. The van der Waals surface area contributed by atoms with Crippen LogP contribution in [0.1, 0.15) is 51.4 Å². The Hall–Kier alpha value is -2.60. The molecule has 0 heterocycles. The van der Waals surface area contributed by atoms with Crippen molar-refractivity contribution in [2.24, 2.45) is 0 Å². The number of hydrogen-bond acceptors (Lipinski definition) is 6. The van der Waals surface area contributed by atoms with Crippen LogP contribution in [0.5, 0.6) is 0 Å². The van der Waals surface area contributed by atoms with E-state index in [-0.39, 0.29) is 26.1 Å². The quantitative estimate of drug-likeness (QED) is 0.199. The highest BCUT2D eigenvalue weighted by Gasteiger charge is 2.00. The number of nitrogens with one attached hydrogen (secondary N) is 2. The minimum atomic E-state index is -1.08. The Bertz CT molecular complexity index is 380. The lowest BCUT2D eigenvalue weighted by atomic mass is 10.2. The highest BCUT2D eigenvalue weighted by Crippen LogP contribution is 1.97. The van der Waals surface area contributed by atoms with E-state index in [1.807, 2.05) is 0 Å². The zero-order valence-corrected chi connectivity index (χ0v) is 15.8. The maximum Gasteiger partial charge on any atom is 0.404 e. The fourth-order valence-corrected chi connectivity index (χ4v) is 1.43. The predicted octanol–water partition coefficient (Wildman–Crippen LogP) is 0.769. The molecule has 0 unspecified atom stereocenters. The minimum Gasteiger partial charge on any atom is -0.481 e. The average Bonchev–Trinajstić information content (AvgIpc) is 2.61. The van der Waals surface area contributed by atoms with Gasteiger partial charge in [-0.15, -0.1) is 0 Å². The summed E-state index contributed by atoms with van der Waals surface area (Å²) >= 11 is 0. The Kier molecular flexibility index (Phi) is 26.3. The summed E-state index contributed by atoms with van der Waals surface area (Å²) in [7, 11) is 0. The highest BCUT2D eigenvalue weighted by molar-refractivity contribution is 5.75. The van der Waals surface area contributed by atoms with Crippen LogP contribution in [0.4, 0.5) is 9.59 Å². The number of rotatable bonds is 13. The second-order valence-corrected chi connectivity index (χ2v) is 5.32. The normalized spacial score (nSPS) is 9.07. The molecule has 0 spiro atoms. The molecule has 0 radical (unpaired) electrons. The van der Waals surface area contributed by atoms with E-state index in [0.717, 1.165) is 38.5 Å². The molecule has 0 saturated carbocycles. The molecule has 0 aromatic rings. The summed E-state index contributed by atoms with van der Waals surface area (Å²) in [6.07, 6.45) is 2.23. The minimum absolute atomic E-state index is 0.195. The first-order chi connectivity index (χ1) is 13.2. The van der Waals surface area contributed by atoms with Gasteiger partial charge in [-0.3, -0.25) is 9.59 Å². The summed E-state index contributed by atoms with van der Waals surface area (Å²) in [4.78, 5) is 39.3. The van der Waals surface area contributed by atoms with Crippen LogP contribution in [0.2, 0.25) is 0 Å². The van der Waals surface area contributed by atoms with E-state index in [1.54, 1.807) is 0 Å². The summed E-state index contributed by atoms with van der Waals surface area (Å²) in [5.41, 5.74) is 0. The van der Waals surface area contributed by atoms with Crippen molar-refractivity contribution in [3.63, 3.8) is 0 Å². The van der Waals surface area contributed by atoms with Gasteiger partial charge >= 0.3 is 24.1 Å². The predicted molar refractivity (Wildman–Crippen MR) is 98.4 cm³/mol. The van der Waals surface area contributed by atoms with Crippen LogP contribution in [0, 0.1) is 0 Å². The Morgan fingerprint density at radius 2 is 0.857 bits per heavy atom. The van der Waals surface area contributed by atoms with Crippen LogP contribution < -0.4 is 10.6 Å². The number of unbranched alkanes of at least 4 members (excludes halogenated alkanes) is 4. The van der Waals surface area contributed by atoms with Crippen molar-refractivity contribution >= 4 is 24.1 Å². The van der Waals surface area contributed by atoms with Crippen molar-refractivity contribution in [3.8, 4) is 0 Å². The van der Waals surface area contributed by atoms with E-state index in [0.29, 0.717) is 13.1 Å². The second-order valence-electron chi connectivity index (χ2n) is 5.32. The molecule has 2 amide bonds. The standard InChI is InChI=1S/C8H16N2O4.C4H6O4.C4H10O2/c11-7(12)9-5-3-1-2-4-6-10-8(13)14;5-3(6)1-2-4(7)8;5-3-1-2-4-6/h9-10H,1-6H2,(H,11,12)(H,13,14);1-2H2,(H,5,6)(H,7,8);5-6H,1-4H2. The lowest BCUT2D eigenvalue weighted by molar-refractivity contribution is -0.143. The molecule has 0 aliphatic heterocycles. The third-order valence-electron chi connectivity index (χ3n) is 2.77. The van der Waals surface area contributed by atoms with E-state index in [4.69, 9.17) is 30.6 Å². The van der Waals surface area contributed by atoms with Crippen LogP contribution in [0.25, 0.3) is 0 Å². The van der Waals surface area contributed by atoms with E-state index in [9.17, 15) is 19.2 Å². The lowest BCUT2D eigenvalue weighted by Gasteiger charge is -2.01. The Morgan fingerprint density at radius 1 is 0.536 bits per heavy atom. The van der Waals surface area contributed by atoms with Crippen LogP contribution in [0.15, 0.2) is 0 Å². The summed E-state index contributed by atoms with van der Waals surface area (Å²) in [5, 5.41) is 53.0. The lowest BCUT2D eigenvalue weighted by Crippen LogP contribution is -2.22. The van der Waals surface area contributed by atoms with E-state index in [1.165, 1.54) is 0 Å². The second kappa shape index (κ2) is 24.4. The first-order valence-electron chi connectivity index (χ1n) is 8.76. The number of carboxylic acid groups (broad SMARTS) is 4. The highest BCUT2D eigenvalue weighted by atomic mass is 16.4. The van der Waals surface area contributed by atoms with Crippen molar-refractivity contribution in [3.05, 3.63) is 0 Å². The monoisotopic (exact) mass is 412 g/mol. The fourth-order valence-electron chi connectivity index (χ4n) is 1.43. The van der Waals surface area contributed by atoms with E-state index < -0.39 is 24.1 Å². The molecule has 166 valence electrons. The zero-order chi connectivity index (χ0) is 22.2. The Labute approximate surface area is 163 Å². The molecule has 28 heavy (non-hydrogen) atoms. The molecular weight excluding hydrogens is 380 g/mol. The van der Waals surface area contributed by atoms with Crippen LogP contribution in [-0.4, -0.2) is 81.1 Å². The molecule has 0 aliphatic rings. The summed E-state index contributed by atoms with van der Waals surface area (Å²) in [6, 6.07) is 0. The largest absolute Gasteiger partial charge is 0.481 e. The maximum atomic E-state index is 10.0. The topological polar surface area (TPSA) is 214 Å². The van der Waals surface area contributed by atoms with Gasteiger partial charge in [-0.25, -0.2) is 9.59 Å². The summed E-state index contributed by atoms with van der Waals surface area (Å²) in [5.74, 6) is -2.15. The number of amides is 2. The van der Waals surface area contributed by atoms with Gasteiger partial charge in [0.05, 0.1) is 12.8 Å². The number of carbonyl (C=O) groups is 4. The summed E-state index contributed by atoms with van der Waals surface area (Å²) < 4.78 is 0. The number of carboxylic acids is 2. The number of hydrogen-bond donors (Lipinski definition) is 8. The number of aliphatic hydroxyl groups is 2. The smallest absolute Gasteiger partial charge is 0.404 e. The van der Waals surface area contributed by atoms with Crippen LogP contribution >= 0.6 is 0 Å². The maximum absolute atomic E-state index is 10.0.